The molecule has 6 heavy (non-hydrogen) atoms. The van der Waals surface area contributed by atoms with Crippen LogP contribution in [-0.4, -0.2) is 20.3 Å². The van der Waals surface area contributed by atoms with Gasteiger partial charge in [-0.15, -0.1) is 0 Å². The minimum absolute atomic E-state index is 0.732. The third-order valence-corrected chi connectivity index (χ3v) is 4.75. The molecule has 0 spiro atoms. The molecule has 0 bridgehead atoms. The monoisotopic (exact) mass is 370 g/mol. The number of carbonyl (C=O) groups excluding carboxylic acids is 1. The van der Waals surface area contributed by atoms with Gasteiger partial charge in [0.25, 0.3) is 0 Å². The van der Waals surface area contributed by atoms with Crippen molar-refractivity contribution < 1.29 is 4.79 Å². The summed E-state index contributed by atoms with van der Waals surface area (Å²) >= 11 is 4.04. The van der Waals surface area contributed by atoms with Crippen molar-refractivity contribution in [1.82, 2.24) is 3.54 Å². The molecule has 0 fully saturated rings. The van der Waals surface area contributed by atoms with Gasteiger partial charge in [0, 0.05) is 0 Å². The Morgan fingerprint density at radius 1 is 2.00 bits per heavy atom. The van der Waals surface area contributed by atoms with Gasteiger partial charge in [-0.25, -0.2) is 0 Å². The first-order valence-corrected chi connectivity index (χ1v) is 17.3. The van der Waals surface area contributed by atoms with Crippen LogP contribution >= 0.6 is 31.3 Å². The van der Waals surface area contributed by atoms with E-state index in [2.05, 4.69) is 34.9 Å². The van der Waals surface area contributed by atoms with Gasteiger partial charge in [-0.1, -0.05) is 0 Å². The molecular formula is CH2BrINOSn. The average molecular weight is 370 g/mol. The molecule has 0 aromatic rings. The second kappa shape index (κ2) is 4.63. The predicted octanol–water partition coefficient (Wildman–Crippen LogP) is 0.547. The fraction of sp³-hybridized carbons (Fsp3) is 0. The number of amides is 1. The second-order valence-corrected chi connectivity index (χ2v) is 25.3. The first-order valence-electron chi connectivity index (χ1n) is 1.15. The van der Waals surface area contributed by atoms with Crippen LogP contribution in [0.15, 0.2) is 0 Å². The minimum atomic E-state index is -1.45. The van der Waals surface area contributed by atoms with Crippen molar-refractivity contribution in [3.8, 4) is 0 Å². The van der Waals surface area contributed by atoms with Crippen LogP contribution in [0.1, 0.15) is 0 Å². The zero-order chi connectivity index (χ0) is 4.99. The number of nitrogens with one attached hydrogen (secondary N) is 1. The topological polar surface area (TPSA) is 29.1 Å². The van der Waals surface area contributed by atoms with Gasteiger partial charge in [0.1, 0.15) is 0 Å². The van der Waals surface area contributed by atoms with Crippen molar-refractivity contribution >= 4 is 51.6 Å². The van der Waals surface area contributed by atoms with Crippen molar-refractivity contribution in [1.29, 1.82) is 0 Å². The number of rotatable bonds is 2. The summed E-state index contributed by atoms with van der Waals surface area (Å²) in [7, 11) is 0. The Bertz CT molecular complexity index is 50.8. The SMILES string of the molecule is O=C[NH][Sn]([Br])[I]. The Labute approximate surface area is 59.1 Å². The van der Waals surface area contributed by atoms with Crippen LogP contribution in [0, 0.1) is 0 Å². The zero-order valence-corrected chi connectivity index (χ0v) is 9.34. The van der Waals surface area contributed by atoms with Crippen LogP contribution in [0.5, 0.6) is 0 Å². The fourth-order valence-electron chi connectivity index (χ4n) is 0.0445. The first-order chi connectivity index (χ1) is 2.77. The maximum atomic E-state index is 9.52. The maximum absolute atomic E-state index is 9.52. The Balaban J connectivity index is 2.81. The fourth-order valence-corrected chi connectivity index (χ4v) is 1.78. The third-order valence-electron chi connectivity index (χ3n) is 0.168. The molecule has 5 heteroatoms. The van der Waals surface area contributed by atoms with Gasteiger partial charge < -0.3 is 0 Å². The Morgan fingerprint density at radius 3 is 2.50 bits per heavy atom. The van der Waals surface area contributed by atoms with Crippen LogP contribution in [0.3, 0.4) is 0 Å². The summed E-state index contributed by atoms with van der Waals surface area (Å²) in [6.45, 7) is 0. The number of halogens is 2. The molecule has 1 radical (unpaired) electrons. The van der Waals surface area contributed by atoms with Crippen LogP contribution in [0.4, 0.5) is 0 Å². The van der Waals surface area contributed by atoms with Gasteiger partial charge in [-0.2, -0.15) is 0 Å². The molecule has 0 atom stereocenters. The molecule has 2 nitrogen and oxygen atoms in total. The van der Waals surface area contributed by atoms with E-state index >= 15 is 0 Å². The van der Waals surface area contributed by atoms with E-state index < -0.39 is 13.8 Å². The molecule has 0 aliphatic rings. The first kappa shape index (κ1) is 7.48. The van der Waals surface area contributed by atoms with Gasteiger partial charge in [0.05, 0.1) is 0 Å². The summed E-state index contributed by atoms with van der Waals surface area (Å²) in [5, 5.41) is 0. The number of carbonyl (C=O) groups is 1. The Hall–Kier alpha value is 1.48. The second-order valence-electron chi connectivity index (χ2n) is 0.523. The van der Waals surface area contributed by atoms with Crippen molar-refractivity contribution in [2.45, 2.75) is 0 Å². The number of hydrogen-bond acceptors (Lipinski definition) is 1. The van der Waals surface area contributed by atoms with Crippen LogP contribution < -0.4 is 3.54 Å². The summed E-state index contributed by atoms with van der Waals surface area (Å²) < 4.78 is 2.63. The van der Waals surface area contributed by atoms with E-state index in [9.17, 15) is 4.79 Å². The molecule has 0 unspecified atom stereocenters. The normalized spacial score (nSPS) is 8.50. The van der Waals surface area contributed by atoms with E-state index in [-0.39, 0.29) is 0 Å². The van der Waals surface area contributed by atoms with Crippen LogP contribution in [0.25, 0.3) is 0 Å². The van der Waals surface area contributed by atoms with Crippen molar-refractivity contribution in [3.05, 3.63) is 0 Å². The summed E-state index contributed by atoms with van der Waals surface area (Å²) in [6.07, 6.45) is 0.732. The van der Waals surface area contributed by atoms with Crippen molar-refractivity contribution in [3.63, 3.8) is 0 Å². The molecule has 0 saturated carbocycles. The average Bonchev–Trinajstić information content (AvgIpc) is 1.35. The summed E-state index contributed by atoms with van der Waals surface area (Å²) in [6, 6.07) is 0. The van der Waals surface area contributed by atoms with Gasteiger partial charge in [0.15, 0.2) is 0 Å². The Morgan fingerprint density at radius 2 is 2.50 bits per heavy atom. The molecule has 0 aromatic heterocycles. The summed E-state index contributed by atoms with van der Waals surface area (Å²) in [5.41, 5.74) is 0. The standard InChI is InChI=1S/CH3NO.BrH.HI.Sn/c2-1-3;;;/h1H,(H2,2,3);2*1H;/q;;;+3/p-3. The van der Waals surface area contributed by atoms with Gasteiger partial charge in [0.2, 0.25) is 0 Å². The predicted molar refractivity (Wildman–Crippen MR) is 37.9 cm³/mol. The van der Waals surface area contributed by atoms with Gasteiger partial charge in [-0.05, 0) is 0 Å². The molecule has 0 aliphatic heterocycles. The van der Waals surface area contributed by atoms with E-state index in [4.69, 9.17) is 0 Å². The summed E-state index contributed by atoms with van der Waals surface area (Å²) in [5.74, 6) is 0. The molecular weight excluding hydrogens is 368 g/mol. The quantitative estimate of drug-likeness (QED) is 0.430. The number of hydrogen-bond donors (Lipinski definition) is 1. The molecule has 1 N–H and O–H groups in total. The van der Waals surface area contributed by atoms with E-state index in [0.717, 1.165) is 6.41 Å². The summed E-state index contributed by atoms with van der Waals surface area (Å²) in [4.78, 5) is 9.52. The van der Waals surface area contributed by atoms with Gasteiger partial charge >= 0.3 is 59.9 Å². The molecule has 0 aromatic carbocycles. The molecule has 1 amide bonds. The van der Waals surface area contributed by atoms with E-state index in [1.165, 1.54) is 0 Å². The van der Waals surface area contributed by atoms with E-state index in [1.54, 1.807) is 0 Å². The zero-order valence-electron chi connectivity index (χ0n) is 2.74. The van der Waals surface area contributed by atoms with Crippen molar-refractivity contribution in [2.24, 2.45) is 0 Å². The van der Waals surface area contributed by atoms with Crippen LogP contribution in [0.2, 0.25) is 0 Å². The van der Waals surface area contributed by atoms with Crippen molar-refractivity contribution in [2.75, 3.05) is 0 Å². The molecule has 0 heterocycles. The molecule has 35 valence electrons. The Kier molecular flexibility index (Phi) is 5.77. The third kappa shape index (κ3) is 5.48. The molecule has 0 saturated heterocycles. The molecule has 0 aliphatic carbocycles. The van der Waals surface area contributed by atoms with E-state index in [1.807, 2.05) is 0 Å². The van der Waals surface area contributed by atoms with Crippen LogP contribution in [-0.2, 0) is 4.79 Å². The molecule has 0 rings (SSSR count). The van der Waals surface area contributed by atoms with Gasteiger partial charge in [-0.3, -0.25) is 0 Å². The van der Waals surface area contributed by atoms with E-state index in [0.29, 0.717) is 0 Å².